The van der Waals surface area contributed by atoms with Crippen LogP contribution in [0.2, 0.25) is 5.02 Å². The second kappa shape index (κ2) is 8.65. The predicted octanol–water partition coefficient (Wildman–Crippen LogP) is 4.97. The Morgan fingerprint density at radius 3 is 2.68 bits per heavy atom. The van der Waals surface area contributed by atoms with Crippen molar-refractivity contribution in [1.29, 1.82) is 0 Å². The van der Waals surface area contributed by atoms with Crippen LogP contribution in [0, 0.1) is 5.92 Å². The van der Waals surface area contributed by atoms with Gasteiger partial charge in [-0.05, 0) is 55.4 Å². The summed E-state index contributed by atoms with van der Waals surface area (Å²) >= 11 is 5.98. The van der Waals surface area contributed by atoms with E-state index in [9.17, 15) is 18.0 Å². The standard InChI is InChI=1S/C22H24ClF3N4O/c1-14-6-9-29(10-7-14)21(31)19-12-27-18-3-2-8-30(20(18)28-19)13-15-11-16(23)4-5-17(15)22(24,25)26/h4-5,11-12,14H,2-3,6-10,13H2,1H3. The molecule has 1 fully saturated rings. The quantitative estimate of drug-likeness (QED) is 0.659. The summed E-state index contributed by atoms with van der Waals surface area (Å²) in [5, 5.41) is 0.245. The lowest BCUT2D eigenvalue weighted by Crippen LogP contribution is -2.39. The van der Waals surface area contributed by atoms with E-state index in [1.54, 1.807) is 9.80 Å². The number of aromatic nitrogens is 2. The van der Waals surface area contributed by atoms with Crippen LogP contribution in [0.15, 0.2) is 24.4 Å². The molecule has 9 heteroatoms. The number of likely N-dealkylation sites (tertiary alicyclic amines) is 1. The molecule has 0 N–H and O–H groups in total. The lowest BCUT2D eigenvalue weighted by atomic mass is 9.99. The van der Waals surface area contributed by atoms with Gasteiger partial charge in [0.05, 0.1) is 17.5 Å². The second-order valence-corrected chi connectivity index (χ2v) is 8.76. The fourth-order valence-electron chi connectivity index (χ4n) is 4.18. The number of amides is 1. The number of nitrogens with zero attached hydrogens (tertiary/aromatic N) is 4. The Bertz CT molecular complexity index is 974. The first-order chi connectivity index (χ1) is 14.7. The normalized spacial score (nSPS) is 17.6. The molecule has 2 aliphatic heterocycles. The van der Waals surface area contributed by atoms with Gasteiger partial charge >= 0.3 is 6.18 Å². The lowest BCUT2D eigenvalue weighted by molar-refractivity contribution is -0.138. The summed E-state index contributed by atoms with van der Waals surface area (Å²) in [6, 6.07) is 3.59. The number of hydrogen-bond donors (Lipinski definition) is 0. The molecule has 1 saturated heterocycles. The molecule has 166 valence electrons. The molecule has 0 atom stereocenters. The number of fused-ring (bicyclic) bond motifs is 1. The molecule has 0 unspecified atom stereocenters. The van der Waals surface area contributed by atoms with Gasteiger partial charge in [-0.15, -0.1) is 0 Å². The molecule has 3 heterocycles. The minimum absolute atomic E-state index is 0.00401. The first-order valence-corrected chi connectivity index (χ1v) is 10.9. The third-order valence-electron chi connectivity index (χ3n) is 5.99. The number of hydrogen-bond acceptors (Lipinski definition) is 4. The number of rotatable bonds is 3. The first kappa shape index (κ1) is 21.9. The number of aryl methyl sites for hydroxylation is 1. The smallest absolute Gasteiger partial charge is 0.351 e. The van der Waals surface area contributed by atoms with Crippen LogP contribution in [0.25, 0.3) is 0 Å². The SMILES string of the molecule is CC1CCN(C(=O)c2cnc3c(n2)N(Cc2cc(Cl)ccc2C(F)(F)F)CCC3)CC1. The second-order valence-electron chi connectivity index (χ2n) is 8.32. The molecule has 31 heavy (non-hydrogen) atoms. The summed E-state index contributed by atoms with van der Waals surface area (Å²) in [6.07, 6.45) is 0.338. The Morgan fingerprint density at radius 2 is 1.97 bits per heavy atom. The molecule has 0 bridgehead atoms. The monoisotopic (exact) mass is 452 g/mol. The summed E-state index contributed by atoms with van der Waals surface area (Å²) in [7, 11) is 0. The largest absolute Gasteiger partial charge is 0.416 e. The van der Waals surface area contributed by atoms with Gasteiger partial charge in [-0.3, -0.25) is 9.78 Å². The van der Waals surface area contributed by atoms with Crippen LogP contribution in [0.5, 0.6) is 0 Å². The van der Waals surface area contributed by atoms with E-state index in [0.717, 1.165) is 25.3 Å². The van der Waals surface area contributed by atoms with Gasteiger partial charge in [0.25, 0.3) is 5.91 Å². The van der Waals surface area contributed by atoms with Crippen molar-refractivity contribution < 1.29 is 18.0 Å². The average molecular weight is 453 g/mol. The number of halogens is 4. The molecule has 1 amide bonds. The zero-order valence-corrected chi connectivity index (χ0v) is 18.0. The minimum Gasteiger partial charge on any atom is -0.351 e. The Balaban J connectivity index is 1.62. The molecule has 1 aromatic carbocycles. The highest BCUT2D eigenvalue weighted by Gasteiger charge is 2.34. The maximum Gasteiger partial charge on any atom is 0.416 e. The molecule has 5 nitrogen and oxygen atoms in total. The summed E-state index contributed by atoms with van der Waals surface area (Å²) < 4.78 is 40.5. The van der Waals surface area contributed by atoms with Crippen LogP contribution in [0.3, 0.4) is 0 Å². The van der Waals surface area contributed by atoms with E-state index in [4.69, 9.17) is 11.6 Å². The van der Waals surface area contributed by atoms with Crippen molar-refractivity contribution in [1.82, 2.24) is 14.9 Å². The van der Waals surface area contributed by atoms with Gasteiger partial charge in [-0.1, -0.05) is 18.5 Å². The number of piperidine rings is 1. The Hall–Kier alpha value is -2.35. The van der Waals surface area contributed by atoms with E-state index in [1.807, 2.05) is 0 Å². The van der Waals surface area contributed by atoms with E-state index in [2.05, 4.69) is 16.9 Å². The van der Waals surface area contributed by atoms with Crippen molar-refractivity contribution in [2.45, 2.75) is 45.3 Å². The summed E-state index contributed by atoms with van der Waals surface area (Å²) in [5.41, 5.74) is 0.302. The molecular formula is C22H24ClF3N4O. The molecule has 2 aromatic rings. The molecule has 1 aromatic heterocycles. The van der Waals surface area contributed by atoms with Crippen molar-refractivity contribution in [3.63, 3.8) is 0 Å². The van der Waals surface area contributed by atoms with Gasteiger partial charge < -0.3 is 9.80 Å². The van der Waals surface area contributed by atoms with Crippen molar-refractivity contribution in [3.05, 3.63) is 51.9 Å². The molecule has 0 spiro atoms. The number of benzene rings is 1. The Kier molecular flexibility index (Phi) is 6.10. The summed E-state index contributed by atoms with van der Waals surface area (Å²) in [5.74, 6) is 0.900. The molecule has 4 rings (SSSR count). The van der Waals surface area contributed by atoms with Crippen molar-refractivity contribution in [3.8, 4) is 0 Å². The maximum atomic E-state index is 13.5. The van der Waals surface area contributed by atoms with Crippen molar-refractivity contribution in [2.24, 2.45) is 5.92 Å². The van der Waals surface area contributed by atoms with Crippen LogP contribution >= 0.6 is 11.6 Å². The molecule has 2 aliphatic rings. The van der Waals surface area contributed by atoms with Gasteiger partial charge in [-0.2, -0.15) is 13.2 Å². The van der Waals surface area contributed by atoms with E-state index in [-0.39, 0.29) is 28.7 Å². The Morgan fingerprint density at radius 1 is 1.23 bits per heavy atom. The zero-order valence-electron chi connectivity index (χ0n) is 17.3. The third kappa shape index (κ3) is 4.79. The van der Waals surface area contributed by atoms with Crippen LogP contribution in [-0.2, 0) is 19.1 Å². The topological polar surface area (TPSA) is 49.3 Å². The van der Waals surface area contributed by atoms with Crippen LogP contribution < -0.4 is 4.90 Å². The van der Waals surface area contributed by atoms with Crippen LogP contribution in [0.1, 0.15) is 53.5 Å². The van der Waals surface area contributed by atoms with Crippen LogP contribution in [-0.4, -0.2) is 40.4 Å². The molecule has 0 radical (unpaired) electrons. The number of alkyl halides is 3. The Labute approximate surface area is 184 Å². The van der Waals surface area contributed by atoms with E-state index < -0.39 is 11.7 Å². The summed E-state index contributed by atoms with van der Waals surface area (Å²) in [4.78, 5) is 25.5. The molecule has 0 aliphatic carbocycles. The highest BCUT2D eigenvalue weighted by Crippen LogP contribution is 2.35. The number of carbonyl (C=O) groups excluding carboxylic acids is 1. The lowest BCUT2D eigenvalue weighted by Gasteiger charge is -2.32. The fraction of sp³-hybridized carbons (Fsp3) is 0.500. The van der Waals surface area contributed by atoms with E-state index in [0.29, 0.717) is 43.5 Å². The first-order valence-electron chi connectivity index (χ1n) is 10.5. The minimum atomic E-state index is -4.48. The van der Waals surface area contributed by atoms with E-state index >= 15 is 0 Å². The summed E-state index contributed by atoms with van der Waals surface area (Å²) in [6.45, 7) is 4.06. The van der Waals surface area contributed by atoms with Crippen LogP contribution in [0.4, 0.5) is 19.0 Å². The van der Waals surface area contributed by atoms with Gasteiger partial charge in [0, 0.05) is 31.2 Å². The zero-order chi connectivity index (χ0) is 22.2. The van der Waals surface area contributed by atoms with Crippen molar-refractivity contribution >= 4 is 23.3 Å². The van der Waals surface area contributed by atoms with Gasteiger partial charge in [0.1, 0.15) is 5.69 Å². The van der Waals surface area contributed by atoms with E-state index in [1.165, 1.54) is 18.3 Å². The highest BCUT2D eigenvalue weighted by atomic mass is 35.5. The number of anilines is 1. The van der Waals surface area contributed by atoms with Gasteiger partial charge in [-0.25, -0.2) is 4.98 Å². The predicted molar refractivity (Wildman–Crippen MR) is 112 cm³/mol. The van der Waals surface area contributed by atoms with Gasteiger partial charge in [0.2, 0.25) is 0 Å². The van der Waals surface area contributed by atoms with Gasteiger partial charge in [0.15, 0.2) is 5.82 Å². The molecule has 0 saturated carbocycles. The highest BCUT2D eigenvalue weighted by molar-refractivity contribution is 6.30. The third-order valence-corrected chi connectivity index (χ3v) is 6.23. The fourth-order valence-corrected chi connectivity index (χ4v) is 4.38. The molecular weight excluding hydrogens is 429 g/mol. The van der Waals surface area contributed by atoms with Crippen molar-refractivity contribution in [2.75, 3.05) is 24.5 Å². The average Bonchev–Trinajstić information content (AvgIpc) is 2.73. The number of carbonyl (C=O) groups is 1. The maximum absolute atomic E-state index is 13.5.